The van der Waals surface area contributed by atoms with Crippen molar-refractivity contribution in [3.8, 4) is 0 Å². The van der Waals surface area contributed by atoms with E-state index in [9.17, 15) is 13.5 Å². The van der Waals surface area contributed by atoms with E-state index in [1.165, 1.54) is 0 Å². The highest BCUT2D eigenvalue weighted by Crippen LogP contribution is 2.12. The summed E-state index contributed by atoms with van der Waals surface area (Å²) < 4.78 is 32.8. The van der Waals surface area contributed by atoms with Crippen LogP contribution in [0.3, 0.4) is 0 Å². The largest absolute Gasteiger partial charge is 0.391 e. The van der Waals surface area contributed by atoms with Crippen molar-refractivity contribution in [1.29, 1.82) is 0 Å². The molecule has 0 bridgehead atoms. The van der Waals surface area contributed by atoms with E-state index in [0.717, 1.165) is 11.1 Å². The maximum absolute atomic E-state index is 12.3. The molecule has 6 heteroatoms. The molecule has 2 rings (SSSR count). The molecule has 0 aliphatic heterocycles. The summed E-state index contributed by atoms with van der Waals surface area (Å²) >= 11 is 0. The van der Waals surface area contributed by atoms with Gasteiger partial charge < -0.3 is 9.84 Å². The summed E-state index contributed by atoms with van der Waals surface area (Å²) in [6.45, 7) is 4.39. The second kappa shape index (κ2) is 9.83. The Morgan fingerprint density at radius 3 is 2.35 bits per heavy atom. The van der Waals surface area contributed by atoms with Gasteiger partial charge in [0.2, 0.25) is 10.0 Å². The summed E-state index contributed by atoms with van der Waals surface area (Å²) in [7, 11) is -3.54. The van der Waals surface area contributed by atoms with Crippen LogP contribution < -0.4 is 4.72 Å². The van der Waals surface area contributed by atoms with Gasteiger partial charge in [-0.25, -0.2) is 13.1 Å². The minimum atomic E-state index is -3.54. The van der Waals surface area contributed by atoms with Crippen molar-refractivity contribution in [2.75, 3.05) is 6.61 Å². The molecular formula is C20H27NO4S. The van der Waals surface area contributed by atoms with Crippen LogP contribution in [-0.4, -0.2) is 32.3 Å². The molecule has 142 valence electrons. The summed E-state index contributed by atoms with van der Waals surface area (Å²) in [5.74, 6) is 0. The van der Waals surface area contributed by atoms with Gasteiger partial charge in [0, 0.05) is 6.04 Å². The predicted octanol–water partition coefficient (Wildman–Crippen LogP) is 3.02. The zero-order valence-electron chi connectivity index (χ0n) is 15.3. The number of benzene rings is 2. The first kappa shape index (κ1) is 20.6. The number of aliphatic hydroxyl groups is 1. The molecule has 0 radical (unpaired) electrons. The number of hydrogen-bond donors (Lipinski definition) is 2. The average Bonchev–Trinajstić information content (AvgIpc) is 2.61. The highest BCUT2D eigenvalue weighted by molar-refractivity contribution is 7.89. The van der Waals surface area contributed by atoms with E-state index in [-0.39, 0.29) is 17.5 Å². The van der Waals surface area contributed by atoms with Crippen LogP contribution in [0.5, 0.6) is 0 Å². The van der Waals surface area contributed by atoms with Crippen molar-refractivity contribution in [2.24, 2.45) is 0 Å². The first-order chi connectivity index (χ1) is 12.4. The summed E-state index contributed by atoms with van der Waals surface area (Å²) in [4.78, 5) is 0.252. The Kier molecular flexibility index (Phi) is 7.78. The van der Waals surface area contributed by atoms with Crippen LogP contribution in [0.15, 0.2) is 59.5 Å². The van der Waals surface area contributed by atoms with E-state index in [4.69, 9.17) is 4.74 Å². The molecule has 0 amide bonds. The summed E-state index contributed by atoms with van der Waals surface area (Å²) in [5, 5.41) is 10.0. The van der Waals surface area contributed by atoms with Crippen molar-refractivity contribution in [1.82, 2.24) is 4.72 Å². The molecule has 2 aromatic rings. The lowest BCUT2D eigenvalue weighted by Gasteiger charge is -2.17. The second-order valence-electron chi connectivity index (χ2n) is 6.57. The number of hydrogen-bond acceptors (Lipinski definition) is 4. The topological polar surface area (TPSA) is 75.6 Å². The van der Waals surface area contributed by atoms with Crippen LogP contribution in [0.4, 0.5) is 0 Å². The average molecular weight is 378 g/mol. The van der Waals surface area contributed by atoms with E-state index >= 15 is 0 Å². The zero-order chi connectivity index (χ0) is 19.0. The number of rotatable bonds is 10. The molecule has 0 unspecified atom stereocenters. The van der Waals surface area contributed by atoms with Gasteiger partial charge >= 0.3 is 0 Å². The van der Waals surface area contributed by atoms with E-state index in [2.05, 4.69) is 4.72 Å². The fraction of sp³-hybridized carbons (Fsp3) is 0.400. The third-order valence-electron chi connectivity index (χ3n) is 4.04. The summed E-state index contributed by atoms with van der Waals surface area (Å²) in [6, 6.07) is 16.2. The first-order valence-corrected chi connectivity index (χ1v) is 10.2. The van der Waals surface area contributed by atoms with Crippen LogP contribution in [-0.2, 0) is 21.4 Å². The van der Waals surface area contributed by atoms with Gasteiger partial charge in [-0.05, 0) is 44.4 Å². The molecule has 0 aromatic heterocycles. The van der Waals surface area contributed by atoms with Crippen LogP contribution in [0.1, 0.15) is 30.9 Å². The molecule has 0 saturated heterocycles. The van der Waals surface area contributed by atoms with Gasteiger partial charge in [-0.15, -0.1) is 0 Å². The SMILES string of the molecule is Cc1ccc(S(=O)(=O)N[C@@H](C)CC[C@@H](O)COCc2ccccc2)cc1. The number of aliphatic hydroxyl groups excluding tert-OH is 1. The van der Waals surface area contributed by atoms with Gasteiger partial charge in [-0.2, -0.15) is 0 Å². The summed E-state index contributed by atoms with van der Waals surface area (Å²) in [6.07, 6.45) is 0.373. The number of ether oxygens (including phenoxy) is 1. The van der Waals surface area contributed by atoms with Crippen LogP contribution in [0, 0.1) is 6.92 Å². The monoisotopic (exact) mass is 377 g/mol. The van der Waals surface area contributed by atoms with Crippen molar-refractivity contribution < 1.29 is 18.3 Å². The third-order valence-corrected chi connectivity index (χ3v) is 5.65. The van der Waals surface area contributed by atoms with Crippen LogP contribution in [0.2, 0.25) is 0 Å². The lowest BCUT2D eigenvalue weighted by Crippen LogP contribution is -2.33. The van der Waals surface area contributed by atoms with E-state index in [1.807, 2.05) is 37.3 Å². The lowest BCUT2D eigenvalue weighted by molar-refractivity contribution is 0.0229. The predicted molar refractivity (Wildman–Crippen MR) is 102 cm³/mol. The quantitative estimate of drug-likeness (QED) is 0.667. The highest BCUT2D eigenvalue weighted by Gasteiger charge is 2.18. The fourth-order valence-corrected chi connectivity index (χ4v) is 3.80. The van der Waals surface area contributed by atoms with Gasteiger partial charge in [0.1, 0.15) is 0 Å². The Morgan fingerprint density at radius 2 is 1.69 bits per heavy atom. The zero-order valence-corrected chi connectivity index (χ0v) is 16.1. The normalized spacial score (nSPS) is 14.1. The van der Waals surface area contributed by atoms with Gasteiger partial charge in [0.15, 0.2) is 0 Å². The Labute approximate surface area is 156 Å². The molecule has 0 heterocycles. The molecule has 0 fully saturated rings. The standard InChI is InChI=1S/C20H27NO4S/c1-16-8-12-20(13-9-16)26(23,24)21-17(2)10-11-19(22)15-25-14-18-6-4-3-5-7-18/h3-9,12-13,17,19,21-22H,10-11,14-15H2,1-2H3/t17-,19+/m0/s1. The molecule has 2 atom stereocenters. The number of nitrogens with one attached hydrogen (secondary N) is 1. The Balaban J connectivity index is 1.71. The molecule has 0 aliphatic rings. The minimum absolute atomic E-state index is 0.228. The molecule has 0 saturated carbocycles. The first-order valence-electron chi connectivity index (χ1n) is 8.75. The fourth-order valence-electron chi connectivity index (χ4n) is 2.52. The smallest absolute Gasteiger partial charge is 0.240 e. The highest BCUT2D eigenvalue weighted by atomic mass is 32.2. The Bertz CT molecular complexity index is 760. The van der Waals surface area contributed by atoms with Crippen molar-refractivity contribution in [3.63, 3.8) is 0 Å². The van der Waals surface area contributed by atoms with Gasteiger partial charge in [-0.3, -0.25) is 0 Å². The minimum Gasteiger partial charge on any atom is -0.391 e. The molecule has 2 N–H and O–H groups in total. The molecule has 26 heavy (non-hydrogen) atoms. The molecule has 0 aliphatic carbocycles. The van der Waals surface area contributed by atoms with Gasteiger partial charge in [-0.1, -0.05) is 48.0 Å². The maximum Gasteiger partial charge on any atom is 0.240 e. The van der Waals surface area contributed by atoms with E-state index in [0.29, 0.717) is 19.4 Å². The Morgan fingerprint density at radius 1 is 1.04 bits per heavy atom. The van der Waals surface area contributed by atoms with Gasteiger partial charge in [0.25, 0.3) is 0 Å². The molecule has 0 spiro atoms. The summed E-state index contributed by atoms with van der Waals surface area (Å²) in [5.41, 5.74) is 2.06. The number of aryl methyl sites for hydroxylation is 1. The molecule has 2 aromatic carbocycles. The maximum atomic E-state index is 12.3. The second-order valence-corrected chi connectivity index (χ2v) is 8.28. The lowest BCUT2D eigenvalue weighted by atomic mass is 10.1. The van der Waals surface area contributed by atoms with Crippen molar-refractivity contribution in [2.45, 2.75) is 50.3 Å². The van der Waals surface area contributed by atoms with E-state index < -0.39 is 16.1 Å². The Hall–Kier alpha value is -1.73. The molecular weight excluding hydrogens is 350 g/mol. The third kappa shape index (κ3) is 6.88. The van der Waals surface area contributed by atoms with Crippen molar-refractivity contribution in [3.05, 3.63) is 65.7 Å². The number of sulfonamides is 1. The van der Waals surface area contributed by atoms with Gasteiger partial charge in [0.05, 0.1) is 24.2 Å². The molecule has 5 nitrogen and oxygen atoms in total. The van der Waals surface area contributed by atoms with Crippen molar-refractivity contribution >= 4 is 10.0 Å². The van der Waals surface area contributed by atoms with Crippen LogP contribution in [0.25, 0.3) is 0 Å². The van der Waals surface area contributed by atoms with E-state index in [1.54, 1.807) is 31.2 Å². The van der Waals surface area contributed by atoms with Crippen LogP contribution >= 0.6 is 0 Å².